The first-order chi connectivity index (χ1) is 10.9. The molecular weight excluding hydrogens is 335 g/mol. The second-order valence-corrected chi connectivity index (χ2v) is 6.00. The van der Waals surface area contributed by atoms with Crippen molar-refractivity contribution in [2.75, 3.05) is 0 Å². The fourth-order valence-electron chi connectivity index (χ4n) is 2.14. The number of rotatable bonds is 4. The number of aryl methyl sites for hydroxylation is 2. The Morgan fingerprint density at radius 1 is 1.26 bits per heavy atom. The zero-order valence-electron chi connectivity index (χ0n) is 12.7. The Kier molecular flexibility index (Phi) is 5.64. The van der Waals surface area contributed by atoms with E-state index in [-0.39, 0.29) is 18.0 Å². The highest BCUT2D eigenvalue weighted by Gasteiger charge is 2.06. The Bertz CT molecular complexity index is 826. The van der Waals surface area contributed by atoms with Gasteiger partial charge in [-0.2, -0.15) is 0 Å². The number of hydrogen-bond donors (Lipinski definition) is 2. The van der Waals surface area contributed by atoms with Gasteiger partial charge in [0, 0.05) is 33.9 Å². The SMILES string of the molecule is Cc1cc(C)c(CNC(=O)/C=C/c2ccc(Cl)cc2Cl)c(=O)[nH]1. The van der Waals surface area contributed by atoms with Gasteiger partial charge >= 0.3 is 0 Å². The minimum Gasteiger partial charge on any atom is -0.348 e. The molecule has 0 spiro atoms. The Labute approximate surface area is 144 Å². The lowest BCUT2D eigenvalue weighted by molar-refractivity contribution is -0.116. The van der Waals surface area contributed by atoms with Crippen LogP contribution in [0.4, 0.5) is 0 Å². The number of pyridine rings is 1. The van der Waals surface area contributed by atoms with Crippen molar-refractivity contribution in [3.63, 3.8) is 0 Å². The van der Waals surface area contributed by atoms with Crippen LogP contribution in [0.15, 0.2) is 35.1 Å². The summed E-state index contributed by atoms with van der Waals surface area (Å²) in [6.45, 7) is 3.82. The number of amides is 1. The number of hydrogen-bond acceptors (Lipinski definition) is 2. The van der Waals surface area contributed by atoms with Crippen LogP contribution in [-0.2, 0) is 11.3 Å². The molecule has 0 aliphatic carbocycles. The number of benzene rings is 1. The van der Waals surface area contributed by atoms with E-state index >= 15 is 0 Å². The number of carbonyl (C=O) groups excluding carboxylic acids is 1. The summed E-state index contributed by atoms with van der Waals surface area (Å²) in [6, 6.07) is 6.89. The topological polar surface area (TPSA) is 62.0 Å². The van der Waals surface area contributed by atoms with Crippen LogP contribution in [-0.4, -0.2) is 10.9 Å². The molecule has 23 heavy (non-hydrogen) atoms. The molecule has 2 N–H and O–H groups in total. The normalized spacial score (nSPS) is 11.0. The Hall–Kier alpha value is -2.04. The van der Waals surface area contributed by atoms with Crippen molar-refractivity contribution in [1.29, 1.82) is 0 Å². The Morgan fingerprint density at radius 3 is 2.65 bits per heavy atom. The minimum absolute atomic E-state index is 0.166. The highest BCUT2D eigenvalue weighted by molar-refractivity contribution is 6.35. The van der Waals surface area contributed by atoms with Crippen molar-refractivity contribution in [3.8, 4) is 0 Å². The third-order valence-corrected chi connectivity index (χ3v) is 3.87. The molecule has 1 aromatic carbocycles. The van der Waals surface area contributed by atoms with Crippen molar-refractivity contribution in [3.05, 3.63) is 73.1 Å². The van der Waals surface area contributed by atoms with Crippen molar-refractivity contribution in [2.24, 2.45) is 0 Å². The average Bonchev–Trinajstić information content (AvgIpc) is 2.45. The van der Waals surface area contributed by atoms with Gasteiger partial charge in [-0.05, 0) is 49.2 Å². The summed E-state index contributed by atoms with van der Waals surface area (Å²) < 4.78 is 0. The van der Waals surface area contributed by atoms with E-state index in [0.717, 1.165) is 11.3 Å². The molecule has 0 radical (unpaired) electrons. The smallest absolute Gasteiger partial charge is 0.253 e. The van der Waals surface area contributed by atoms with Crippen molar-refractivity contribution >= 4 is 35.2 Å². The zero-order valence-corrected chi connectivity index (χ0v) is 14.3. The predicted octanol–water partition coefficient (Wildman–Crippen LogP) is 3.63. The first kappa shape index (κ1) is 17.3. The van der Waals surface area contributed by atoms with Crippen molar-refractivity contribution < 1.29 is 4.79 Å². The molecule has 1 heterocycles. The number of halogens is 2. The summed E-state index contributed by atoms with van der Waals surface area (Å²) in [4.78, 5) is 26.5. The van der Waals surface area contributed by atoms with E-state index in [0.29, 0.717) is 21.2 Å². The molecule has 6 heteroatoms. The van der Waals surface area contributed by atoms with Crippen LogP contribution in [0.1, 0.15) is 22.4 Å². The summed E-state index contributed by atoms with van der Waals surface area (Å²) in [7, 11) is 0. The summed E-state index contributed by atoms with van der Waals surface area (Å²) in [5.74, 6) is -0.310. The second kappa shape index (κ2) is 7.49. The lowest BCUT2D eigenvalue weighted by Gasteiger charge is -2.06. The lowest BCUT2D eigenvalue weighted by Crippen LogP contribution is -2.26. The van der Waals surface area contributed by atoms with Gasteiger partial charge in [0.15, 0.2) is 0 Å². The number of aromatic nitrogens is 1. The van der Waals surface area contributed by atoms with Crippen LogP contribution < -0.4 is 10.9 Å². The molecule has 120 valence electrons. The third-order valence-electron chi connectivity index (χ3n) is 3.31. The van der Waals surface area contributed by atoms with Gasteiger partial charge in [0.05, 0.1) is 0 Å². The minimum atomic E-state index is -0.310. The molecule has 0 fully saturated rings. The van der Waals surface area contributed by atoms with Crippen LogP contribution in [0.5, 0.6) is 0 Å². The molecule has 0 aliphatic heterocycles. The maximum atomic E-state index is 11.9. The van der Waals surface area contributed by atoms with E-state index in [1.165, 1.54) is 6.08 Å². The third kappa shape index (κ3) is 4.71. The van der Waals surface area contributed by atoms with Gasteiger partial charge in [0.25, 0.3) is 5.56 Å². The van der Waals surface area contributed by atoms with Crippen LogP contribution in [0, 0.1) is 13.8 Å². The molecule has 0 aliphatic rings. The molecular formula is C17H16Cl2N2O2. The van der Waals surface area contributed by atoms with Gasteiger partial charge in [-0.3, -0.25) is 9.59 Å². The van der Waals surface area contributed by atoms with Crippen LogP contribution in [0.25, 0.3) is 6.08 Å². The van der Waals surface area contributed by atoms with Crippen LogP contribution in [0.2, 0.25) is 10.0 Å². The predicted molar refractivity (Wildman–Crippen MR) is 93.9 cm³/mol. The van der Waals surface area contributed by atoms with E-state index in [9.17, 15) is 9.59 Å². The molecule has 4 nitrogen and oxygen atoms in total. The zero-order chi connectivity index (χ0) is 17.0. The van der Waals surface area contributed by atoms with Gasteiger partial charge < -0.3 is 10.3 Å². The maximum absolute atomic E-state index is 11.9. The fraction of sp³-hybridized carbons (Fsp3) is 0.176. The van der Waals surface area contributed by atoms with Gasteiger partial charge in [0.1, 0.15) is 0 Å². The molecule has 2 rings (SSSR count). The molecule has 2 aromatic rings. The summed E-state index contributed by atoms with van der Waals surface area (Å²) in [5, 5.41) is 3.68. The van der Waals surface area contributed by atoms with E-state index < -0.39 is 0 Å². The van der Waals surface area contributed by atoms with E-state index in [1.807, 2.05) is 19.9 Å². The second-order valence-electron chi connectivity index (χ2n) is 5.16. The maximum Gasteiger partial charge on any atom is 0.253 e. The van der Waals surface area contributed by atoms with Gasteiger partial charge in [-0.1, -0.05) is 29.3 Å². The summed E-state index contributed by atoms with van der Waals surface area (Å²) in [6.07, 6.45) is 2.97. The molecule has 0 atom stereocenters. The van der Waals surface area contributed by atoms with Crippen molar-refractivity contribution in [2.45, 2.75) is 20.4 Å². The van der Waals surface area contributed by atoms with Crippen molar-refractivity contribution in [1.82, 2.24) is 10.3 Å². The van der Waals surface area contributed by atoms with Gasteiger partial charge in [0.2, 0.25) is 5.91 Å². The number of nitrogens with one attached hydrogen (secondary N) is 2. The van der Waals surface area contributed by atoms with Crippen LogP contribution >= 0.6 is 23.2 Å². The molecule has 0 unspecified atom stereocenters. The number of carbonyl (C=O) groups is 1. The molecule has 0 saturated carbocycles. The molecule has 0 bridgehead atoms. The Morgan fingerprint density at radius 2 is 2.00 bits per heavy atom. The number of aromatic amines is 1. The quantitative estimate of drug-likeness (QED) is 0.827. The van der Waals surface area contributed by atoms with E-state index in [4.69, 9.17) is 23.2 Å². The monoisotopic (exact) mass is 350 g/mol. The molecule has 1 aromatic heterocycles. The van der Waals surface area contributed by atoms with E-state index in [1.54, 1.807) is 24.3 Å². The first-order valence-electron chi connectivity index (χ1n) is 6.97. The average molecular weight is 351 g/mol. The van der Waals surface area contributed by atoms with Crippen LogP contribution in [0.3, 0.4) is 0 Å². The standard InChI is InChI=1S/C17H16Cl2N2O2/c1-10-7-11(2)21-17(23)14(10)9-20-16(22)6-4-12-3-5-13(18)8-15(12)19/h3-8H,9H2,1-2H3,(H,20,22)(H,21,23)/b6-4+. The highest BCUT2D eigenvalue weighted by Crippen LogP contribution is 2.21. The highest BCUT2D eigenvalue weighted by atomic mass is 35.5. The first-order valence-corrected chi connectivity index (χ1v) is 7.73. The molecule has 0 saturated heterocycles. The largest absolute Gasteiger partial charge is 0.348 e. The summed E-state index contributed by atoms with van der Waals surface area (Å²) in [5.41, 5.74) is 2.68. The lowest BCUT2D eigenvalue weighted by atomic mass is 10.1. The van der Waals surface area contributed by atoms with Gasteiger partial charge in [-0.25, -0.2) is 0 Å². The summed E-state index contributed by atoms with van der Waals surface area (Å²) >= 11 is 11.8. The fourth-order valence-corrected chi connectivity index (χ4v) is 2.61. The van der Waals surface area contributed by atoms with E-state index in [2.05, 4.69) is 10.3 Å². The molecule has 1 amide bonds. The van der Waals surface area contributed by atoms with Gasteiger partial charge in [-0.15, -0.1) is 0 Å². The number of H-pyrrole nitrogens is 1. The Balaban J connectivity index is 2.03.